The van der Waals surface area contributed by atoms with Gasteiger partial charge in [0.05, 0.1) is 13.2 Å². The van der Waals surface area contributed by atoms with Crippen LogP contribution in [-0.4, -0.2) is 11.7 Å². The number of aliphatic hydroxyl groups is 1. The Bertz CT molecular complexity index is 762. The molecule has 3 rings (SSSR count). The predicted molar refractivity (Wildman–Crippen MR) is 86.5 cm³/mol. The Morgan fingerprint density at radius 3 is 2.43 bits per heavy atom. The van der Waals surface area contributed by atoms with Crippen LogP contribution in [0.4, 0.5) is 0 Å². The monoisotopic (exact) mass is 278 g/mol. The van der Waals surface area contributed by atoms with Crippen LogP contribution in [-0.2, 0) is 6.61 Å². The molecule has 0 saturated carbocycles. The van der Waals surface area contributed by atoms with Crippen molar-refractivity contribution < 1.29 is 9.84 Å². The summed E-state index contributed by atoms with van der Waals surface area (Å²) < 4.78 is 5.56. The molecule has 1 N–H and O–H groups in total. The molecule has 0 unspecified atom stereocenters. The maximum absolute atomic E-state index is 9.20. The first kappa shape index (κ1) is 13.7. The van der Waals surface area contributed by atoms with Crippen molar-refractivity contribution >= 4 is 10.8 Å². The van der Waals surface area contributed by atoms with Gasteiger partial charge in [-0.1, -0.05) is 36.4 Å². The number of benzene rings is 3. The molecule has 21 heavy (non-hydrogen) atoms. The van der Waals surface area contributed by atoms with Gasteiger partial charge in [0.1, 0.15) is 5.75 Å². The van der Waals surface area contributed by atoms with Crippen LogP contribution in [0.15, 0.2) is 60.7 Å². The molecule has 0 bridgehead atoms. The highest BCUT2D eigenvalue weighted by atomic mass is 16.5. The van der Waals surface area contributed by atoms with Gasteiger partial charge in [-0.25, -0.2) is 0 Å². The van der Waals surface area contributed by atoms with E-state index >= 15 is 0 Å². The van der Waals surface area contributed by atoms with Crippen molar-refractivity contribution in [2.45, 2.75) is 13.5 Å². The van der Waals surface area contributed by atoms with Gasteiger partial charge >= 0.3 is 0 Å². The molecule has 0 spiro atoms. The predicted octanol–water partition coefficient (Wildman–Crippen LogP) is 4.40. The molecule has 3 aromatic carbocycles. The molecule has 0 fully saturated rings. The molecule has 0 aliphatic heterocycles. The quantitative estimate of drug-likeness (QED) is 0.766. The zero-order chi connectivity index (χ0) is 14.7. The zero-order valence-electron chi connectivity index (χ0n) is 12.0. The Labute approximate surface area is 124 Å². The summed E-state index contributed by atoms with van der Waals surface area (Å²) >= 11 is 0. The summed E-state index contributed by atoms with van der Waals surface area (Å²) in [7, 11) is 0. The smallest absolute Gasteiger partial charge is 0.119 e. The van der Waals surface area contributed by atoms with E-state index < -0.39 is 0 Å². The van der Waals surface area contributed by atoms with Gasteiger partial charge < -0.3 is 9.84 Å². The normalized spacial score (nSPS) is 10.8. The minimum Gasteiger partial charge on any atom is -0.494 e. The summed E-state index contributed by atoms with van der Waals surface area (Å²) in [5.74, 6) is 0.894. The second kappa shape index (κ2) is 5.98. The average Bonchev–Trinajstić information content (AvgIpc) is 2.54. The molecule has 2 nitrogen and oxygen atoms in total. The number of rotatable bonds is 4. The molecule has 0 atom stereocenters. The van der Waals surface area contributed by atoms with E-state index in [1.54, 1.807) is 0 Å². The molecule has 0 radical (unpaired) electrons. The number of hydrogen-bond acceptors (Lipinski definition) is 2. The molecular formula is C19H18O2. The SMILES string of the molecule is CCOc1cccc(-c2ccc3cc(CO)ccc3c2)c1. The van der Waals surface area contributed by atoms with Gasteiger partial charge in [0.2, 0.25) is 0 Å². The highest BCUT2D eigenvalue weighted by Gasteiger charge is 2.02. The lowest BCUT2D eigenvalue weighted by Crippen LogP contribution is -1.91. The second-order valence-electron chi connectivity index (χ2n) is 5.02. The first-order valence-corrected chi connectivity index (χ1v) is 7.17. The molecule has 0 aliphatic carbocycles. The van der Waals surface area contributed by atoms with Crippen LogP contribution in [0.1, 0.15) is 12.5 Å². The Morgan fingerprint density at radius 1 is 0.857 bits per heavy atom. The zero-order valence-corrected chi connectivity index (χ0v) is 12.0. The first-order chi connectivity index (χ1) is 10.3. The summed E-state index contributed by atoms with van der Waals surface area (Å²) in [6.07, 6.45) is 0. The third kappa shape index (κ3) is 2.91. The van der Waals surface area contributed by atoms with Crippen LogP contribution in [0.2, 0.25) is 0 Å². The molecule has 2 heteroatoms. The van der Waals surface area contributed by atoms with Gasteiger partial charge in [-0.15, -0.1) is 0 Å². The van der Waals surface area contributed by atoms with Crippen LogP contribution in [0, 0.1) is 0 Å². The molecule has 0 saturated heterocycles. The molecule has 106 valence electrons. The van der Waals surface area contributed by atoms with E-state index in [0.29, 0.717) is 6.61 Å². The lowest BCUT2D eigenvalue weighted by Gasteiger charge is -2.08. The van der Waals surface area contributed by atoms with Gasteiger partial charge in [0, 0.05) is 0 Å². The van der Waals surface area contributed by atoms with Crippen molar-refractivity contribution in [3.63, 3.8) is 0 Å². The van der Waals surface area contributed by atoms with Crippen molar-refractivity contribution in [1.29, 1.82) is 0 Å². The van der Waals surface area contributed by atoms with E-state index in [-0.39, 0.29) is 6.61 Å². The van der Waals surface area contributed by atoms with Crippen LogP contribution < -0.4 is 4.74 Å². The van der Waals surface area contributed by atoms with E-state index in [4.69, 9.17) is 4.74 Å². The highest BCUT2D eigenvalue weighted by Crippen LogP contribution is 2.27. The summed E-state index contributed by atoms with van der Waals surface area (Å²) in [5.41, 5.74) is 3.25. The molecule has 0 amide bonds. The van der Waals surface area contributed by atoms with E-state index in [9.17, 15) is 5.11 Å². The summed E-state index contributed by atoms with van der Waals surface area (Å²) in [6.45, 7) is 2.74. The Morgan fingerprint density at radius 2 is 1.62 bits per heavy atom. The van der Waals surface area contributed by atoms with E-state index in [1.807, 2.05) is 31.2 Å². The average molecular weight is 278 g/mol. The third-order valence-electron chi connectivity index (χ3n) is 3.57. The minimum absolute atomic E-state index is 0.0775. The van der Waals surface area contributed by atoms with Gasteiger partial charge in [-0.3, -0.25) is 0 Å². The van der Waals surface area contributed by atoms with Gasteiger partial charge in [-0.2, -0.15) is 0 Å². The Kier molecular flexibility index (Phi) is 3.89. The second-order valence-corrected chi connectivity index (χ2v) is 5.02. The van der Waals surface area contributed by atoms with Crippen molar-refractivity contribution in [2.75, 3.05) is 6.61 Å². The minimum atomic E-state index is 0.0775. The standard InChI is InChI=1S/C19H18O2/c1-2-21-19-5-3-4-15(12-19)18-9-8-16-10-14(13-20)6-7-17(16)11-18/h3-12,20H,2,13H2,1H3. The summed E-state index contributed by atoms with van der Waals surface area (Å²) in [6, 6.07) is 20.5. The van der Waals surface area contributed by atoms with Gasteiger partial charge in [0.15, 0.2) is 0 Å². The van der Waals surface area contributed by atoms with E-state index in [2.05, 4.69) is 36.4 Å². The van der Waals surface area contributed by atoms with Crippen LogP contribution in [0.25, 0.3) is 21.9 Å². The van der Waals surface area contributed by atoms with Crippen molar-refractivity contribution in [2.24, 2.45) is 0 Å². The maximum Gasteiger partial charge on any atom is 0.119 e. The molecular weight excluding hydrogens is 260 g/mol. The molecule has 3 aromatic rings. The van der Waals surface area contributed by atoms with Gasteiger partial charge in [-0.05, 0) is 58.7 Å². The van der Waals surface area contributed by atoms with Crippen LogP contribution in [0.3, 0.4) is 0 Å². The summed E-state index contributed by atoms with van der Waals surface area (Å²) in [4.78, 5) is 0. The van der Waals surface area contributed by atoms with E-state index in [0.717, 1.165) is 22.3 Å². The van der Waals surface area contributed by atoms with Crippen molar-refractivity contribution in [3.8, 4) is 16.9 Å². The number of aliphatic hydroxyl groups excluding tert-OH is 1. The van der Waals surface area contributed by atoms with Crippen molar-refractivity contribution in [3.05, 3.63) is 66.2 Å². The Balaban J connectivity index is 2.02. The van der Waals surface area contributed by atoms with E-state index in [1.165, 1.54) is 10.9 Å². The first-order valence-electron chi connectivity index (χ1n) is 7.17. The topological polar surface area (TPSA) is 29.5 Å². The fourth-order valence-corrected chi connectivity index (χ4v) is 2.51. The van der Waals surface area contributed by atoms with Gasteiger partial charge in [0.25, 0.3) is 0 Å². The van der Waals surface area contributed by atoms with Crippen LogP contribution >= 0.6 is 0 Å². The number of hydrogen-bond donors (Lipinski definition) is 1. The third-order valence-corrected chi connectivity index (χ3v) is 3.57. The lowest BCUT2D eigenvalue weighted by molar-refractivity contribution is 0.282. The fourth-order valence-electron chi connectivity index (χ4n) is 2.51. The fraction of sp³-hybridized carbons (Fsp3) is 0.158. The maximum atomic E-state index is 9.20. The number of ether oxygens (including phenoxy) is 1. The highest BCUT2D eigenvalue weighted by molar-refractivity contribution is 5.88. The summed E-state index contributed by atoms with van der Waals surface area (Å²) in [5, 5.41) is 11.5. The molecule has 0 aliphatic rings. The van der Waals surface area contributed by atoms with Crippen molar-refractivity contribution in [1.82, 2.24) is 0 Å². The Hall–Kier alpha value is -2.32. The lowest BCUT2D eigenvalue weighted by atomic mass is 10.00. The molecule has 0 heterocycles. The van der Waals surface area contributed by atoms with Crippen LogP contribution in [0.5, 0.6) is 5.75 Å². The largest absolute Gasteiger partial charge is 0.494 e. The molecule has 0 aromatic heterocycles. The number of fused-ring (bicyclic) bond motifs is 1.